The number of ether oxygens (including phenoxy) is 1. The Kier molecular flexibility index (Phi) is 7.01. The molecule has 16 heavy (non-hydrogen) atoms. The van der Waals surface area contributed by atoms with E-state index in [1.54, 1.807) is 0 Å². The molecule has 0 spiro atoms. The first-order valence-corrected chi connectivity index (χ1v) is 6.74. The topological polar surface area (TPSA) is 32.7 Å². The number of nitrogens with zero attached hydrogens (tertiary/aromatic N) is 1. The summed E-state index contributed by atoms with van der Waals surface area (Å²) < 4.78 is 5.59. The number of likely N-dealkylation sites (tertiary alicyclic amines) is 1. The molecule has 2 atom stereocenters. The summed E-state index contributed by atoms with van der Waals surface area (Å²) in [6.07, 6.45) is 5.61. The van der Waals surface area contributed by atoms with Gasteiger partial charge in [0.25, 0.3) is 0 Å². The SMILES string of the molecule is CCCCOCCN1CCCC1CC(C)O. The zero-order valence-electron chi connectivity index (χ0n) is 10.8. The number of unbranched alkanes of at least 4 members (excludes halogenated alkanes) is 1. The van der Waals surface area contributed by atoms with Crippen molar-refractivity contribution in [1.82, 2.24) is 4.90 Å². The lowest BCUT2D eigenvalue weighted by Crippen LogP contribution is -2.34. The Morgan fingerprint density at radius 2 is 2.25 bits per heavy atom. The van der Waals surface area contributed by atoms with E-state index in [1.807, 2.05) is 6.92 Å². The van der Waals surface area contributed by atoms with Gasteiger partial charge in [0.1, 0.15) is 0 Å². The van der Waals surface area contributed by atoms with Gasteiger partial charge in [0.05, 0.1) is 12.7 Å². The van der Waals surface area contributed by atoms with Crippen molar-refractivity contribution in [3.05, 3.63) is 0 Å². The molecule has 96 valence electrons. The maximum absolute atomic E-state index is 9.41. The second-order valence-corrected chi connectivity index (χ2v) is 4.88. The molecule has 3 nitrogen and oxygen atoms in total. The third-order valence-electron chi connectivity index (χ3n) is 3.28. The van der Waals surface area contributed by atoms with Crippen molar-refractivity contribution in [2.24, 2.45) is 0 Å². The Labute approximate surface area is 99.8 Å². The Hall–Kier alpha value is -0.120. The lowest BCUT2D eigenvalue weighted by molar-refractivity contribution is 0.0827. The van der Waals surface area contributed by atoms with Crippen molar-refractivity contribution in [2.45, 2.75) is 58.1 Å². The molecule has 2 unspecified atom stereocenters. The average molecular weight is 229 g/mol. The minimum atomic E-state index is -0.174. The van der Waals surface area contributed by atoms with Crippen LogP contribution in [0.3, 0.4) is 0 Å². The fourth-order valence-corrected chi connectivity index (χ4v) is 2.38. The summed E-state index contributed by atoms with van der Waals surface area (Å²) in [6.45, 7) is 8.01. The van der Waals surface area contributed by atoms with Crippen LogP contribution in [-0.2, 0) is 4.74 Å². The van der Waals surface area contributed by atoms with Gasteiger partial charge in [-0.1, -0.05) is 13.3 Å². The zero-order chi connectivity index (χ0) is 11.8. The lowest BCUT2D eigenvalue weighted by atomic mass is 10.1. The lowest BCUT2D eigenvalue weighted by Gasteiger charge is -2.25. The van der Waals surface area contributed by atoms with E-state index in [2.05, 4.69) is 11.8 Å². The molecule has 0 radical (unpaired) electrons. The Balaban J connectivity index is 2.10. The van der Waals surface area contributed by atoms with Crippen LogP contribution in [0, 0.1) is 0 Å². The van der Waals surface area contributed by atoms with Crippen molar-refractivity contribution >= 4 is 0 Å². The van der Waals surface area contributed by atoms with Crippen LogP contribution < -0.4 is 0 Å². The molecule has 1 N–H and O–H groups in total. The molecule has 1 fully saturated rings. The molecule has 1 heterocycles. The molecule has 0 bridgehead atoms. The van der Waals surface area contributed by atoms with Crippen LogP contribution in [0.5, 0.6) is 0 Å². The van der Waals surface area contributed by atoms with Crippen molar-refractivity contribution in [3.8, 4) is 0 Å². The van der Waals surface area contributed by atoms with Gasteiger partial charge < -0.3 is 9.84 Å². The van der Waals surface area contributed by atoms with Gasteiger partial charge in [-0.05, 0) is 39.2 Å². The van der Waals surface area contributed by atoms with Crippen molar-refractivity contribution < 1.29 is 9.84 Å². The van der Waals surface area contributed by atoms with E-state index in [1.165, 1.54) is 25.8 Å². The van der Waals surface area contributed by atoms with Crippen molar-refractivity contribution in [3.63, 3.8) is 0 Å². The standard InChI is InChI=1S/C13H27NO2/c1-3-4-9-16-10-8-14-7-5-6-13(14)11-12(2)15/h12-13,15H,3-11H2,1-2H3. The molecular formula is C13H27NO2. The molecular weight excluding hydrogens is 202 g/mol. The highest BCUT2D eigenvalue weighted by molar-refractivity contribution is 4.80. The van der Waals surface area contributed by atoms with E-state index in [0.29, 0.717) is 6.04 Å². The molecule has 0 aromatic carbocycles. The smallest absolute Gasteiger partial charge is 0.0593 e. The highest BCUT2D eigenvalue weighted by atomic mass is 16.5. The molecule has 0 amide bonds. The molecule has 1 aliphatic rings. The van der Waals surface area contributed by atoms with Crippen LogP contribution >= 0.6 is 0 Å². The van der Waals surface area contributed by atoms with Crippen molar-refractivity contribution in [1.29, 1.82) is 0 Å². The summed E-state index contributed by atoms with van der Waals surface area (Å²) in [7, 11) is 0. The van der Waals surface area contributed by atoms with Crippen LogP contribution in [0.4, 0.5) is 0 Å². The zero-order valence-corrected chi connectivity index (χ0v) is 10.8. The Morgan fingerprint density at radius 1 is 1.44 bits per heavy atom. The summed E-state index contributed by atoms with van der Waals surface area (Å²) in [5.74, 6) is 0. The van der Waals surface area contributed by atoms with Crippen molar-refractivity contribution in [2.75, 3.05) is 26.3 Å². The van der Waals surface area contributed by atoms with Gasteiger partial charge in [-0.25, -0.2) is 0 Å². The minimum Gasteiger partial charge on any atom is -0.393 e. The average Bonchev–Trinajstić information content (AvgIpc) is 2.64. The Morgan fingerprint density at radius 3 is 2.94 bits per heavy atom. The molecule has 1 rings (SSSR count). The summed E-state index contributed by atoms with van der Waals surface area (Å²) >= 11 is 0. The maximum Gasteiger partial charge on any atom is 0.0593 e. The highest BCUT2D eigenvalue weighted by Gasteiger charge is 2.24. The molecule has 0 aliphatic carbocycles. The second kappa shape index (κ2) is 8.04. The van der Waals surface area contributed by atoms with E-state index in [-0.39, 0.29) is 6.10 Å². The van der Waals surface area contributed by atoms with Crippen LogP contribution in [0.15, 0.2) is 0 Å². The van der Waals surface area contributed by atoms with Gasteiger partial charge in [0.15, 0.2) is 0 Å². The molecule has 1 aliphatic heterocycles. The third kappa shape index (κ3) is 5.28. The van der Waals surface area contributed by atoms with Gasteiger partial charge in [-0.2, -0.15) is 0 Å². The Bertz CT molecular complexity index is 173. The fourth-order valence-electron chi connectivity index (χ4n) is 2.38. The first-order valence-electron chi connectivity index (χ1n) is 6.74. The number of aliphatic hydroxyl groups excluding tert-OH is 1. The molecule has 0 saturated carbocycles. The summed E-state index contributed by atoms with van der Waals surface area (Å²) in [5, 5.41) is 9.41. The van der Waals surface area contributed by atoms with Crippen LogP contribution in [0.1, 0.15) is 46.0 Å². The van der Waals surface area contributed by atoms with Crippen LogP contribution in [0.2, 0.25) is 0 Å². The van der Waals surface area contributed by atoms with E-state index in [4.69, 9.17) is 4.74 Å². The number of hydrogen-bond donors (Lipinski definition) is 1. The summed E-state index contributed by atoms with van der Waals surface area (Å²) in [5.41, 5.74) is 0. The number of hydrogen-bond acceptors (Lipinski definition) is 3. The second-order valence-electron chi connectivity index (χ2n) is 4.88. The van der Waals surface area contributed by atoms with Crippen LogP contribution in [0.25, 0.3) is 0 Å². The van der Waals surface area contributed by atoms with Gasteiger partial charge in [-0.3, -0.25) is 4.90 Å². The van der Waals surface area contributed by atoms with E-state index in [0.717, 1.165) is 32.6 Å². The van der Waals surface area contributed by atoms with Gasteiger partial charge in [0, 0.05) is 19.2 Å². The summed E-state index contributed by atoms with van der Waals surface area (Å²) in [6, 6.07) is 0.578. The number of rotatable bonds is 8. The van der Waals surface area contributed by atoms with Gasteiger partial charge in [0.2, 0.25) is 0 Å². The minimum absolute atomic E-state index is 0.174. The van der Waals surface area contributed by atoms with Crippen LogP contribution in [-0.4, -0.2) is 48.5 Å². The molecule has 3 heteroatoms. The first kappa shape index (κ1) is 13.9. The normalized spacial score (nSPS) is 23.8. The monoisotopic (exact) mass is 229 g/mol. The third-order valence-corrected chi connectivity index (χ3v) is 3.28. The number of aliphatic hydroxyl groups is 1. The fraction of sp³-hybridized carbons (Fsp3) is 1.00. The molecule has 0 aromatic heterocycles. The van der Waals surface area contributed by atoms with E-state index < -0.39 is 0 Å². The first-order chi connectivity index (χ1) is 7.74. The molecule has 0 aromatic rings. The van der Waals surface area contributed by atoms with E-state index in [9.17, 15) is 5.11 Å². The predicted molar refractivity (Wildman–Crippen MR) is 66.6 cm³/mol. The quantitative estimate of drug-likeness (QED) is 0.647. The van der Waals surface area contributed by atoms with Gasteiger partial charge >= 0.3 is 0 Å². The maximum atomic E-state index is 9.41. The predicted octanol–water partition coefficient (Wildman–Crippen LogP) is 2.04. The molecule has 1 saturated heterocycles. The van der Waals surface area contributed by atoms with Gasteiger partial charge in [-0.15, -0.1) is 0 Å². The highest BCUT2D eigenvalue weighted by Crippen LogP contribution is 2.20. The summed E-state index contributed by atoms with van der Waals surface area (Å²) in [4.78, 5) is 2.47. The largest absolute Gasteiger partial charge is 0.393 e. The van der Waals surface area contributed by atoms with E-state index >= 15 is 0 Å².